The van der Waals surface area contributed by atoms with Gasteiger partial charge in [0.2, 0.25) is 5.91 Å². The van der Waals surface area contributed by atoms with Gasteiger partial charge in [-0.05, 0) is 25.1 Å². The standard InChI is InChI=1S/C13H20N2O2/c1-4-10-5-6-12(17-3)11(7-10)8-15-13(16)9-14-2/h5-7,14H,4,8-9H2,1-3H3,(H,15,16). The molecule has 0 heterocycles. The van der Waals surface area contributed by atoms with Gasteiger partial charge in [0.25, 0.3) is 0 Å². The lowest BCUT2D eigenvalue weighted by Crippen LogP contribution is -2.31. The highest BCUT2D eigenvalue weighted by Gasteiger charge is 2.05. The van der Waals surface area contributed by atoms with Crippen molar-refractivity contribution in [2.75, 3.05) is 20.7 Å². The summed E-state index contributed by atoms with van der Waals surface area (Å²) in [5.74, 6) is 0.795. The van der Waals surface area contributed by atoms with E-state index in [4.69, 9.17) is 4.74 Å². The molecule has 4 heteroatoms. The van der Waals surface area contributed by atoms with Crippen molar-refractivity contribution in [3.8, 4) is 5.75 Å². The highest BCUT2D eigenvalue weighted by molar-refractivity contribution is 5.78. The van der Waals surface area contributed by atoms with Gasteiger partial charge in [0, 0.05) is 12.1 Å². The van der Waals surface area contributed by atoms with Crippen LogP contribution in [-0.2, 0) is 17.8 Å². The molecule has 4 nitrogen and oxygen atoms in total. The fourth-order valence-electron chi connectivity index (χ4n) is 1.61. The van der Waals surface area contributed by atoms with Crippen LogP contribution in [0, 0.1) is 0 Å². The first-order valence-corrected chi connectivity index (χ1v) is 5.78. The average Bonchev–Trinajstić information content (AvgIpc) is 2.36. The van der Waals surface area contributed by atoms with E-state index in [1.54, 1.807) is 14.2 Å². The molecule has 0 radical (unpaired) electrons. The van der Waals surface area contributed by atoms with Gasteiger partial charge in [-0.15, -0.1) is 0 Å². The number of hydrogen-bond donors (Lipinski definition) is 2. The van der Waals surface area contributed by atoms with Crippen molar-refractivity contribution in [3.05, 3.63) is 29.3 Å². The lowest BCUT2D eigenvalue weighted by Gasteiger charge is -2.11. The smallest absolute Gasteiger partial charge is 0.234 e. The van der Waals surface area contributed by atoms with E-state index in [2.05, 4.69) is 23.6 Å². The molecule has 0 aliphatic heterocycles. The van der Waals surface area contributed by atoms with E-state index in [-0.39, 0.29) is 5.91 Å². The Labute approximate surface area is 102 Å². The van der Waals surface area contributed by atoms with Crippen molar-refractivity contribution in [2.45, 2.75) is 19.9 Å². The van der Waals surface area contributed by atoms with Crippen molar-refractivity contribution in [3.63, 3.8) is 0 Å². The van der Waals surface area contributed by atoms with Crippen LogP contribution < -0.4 is 15.4 Å². The van der Waals surface area contributed by atoms with Gasteiger partial charge < -0.3 is 15.4 Å². The lowest BCUT2D eigenvalue weighted by atomic mass is 10.1. The zero-order valence-corrected chi connectivity index (χ0v) is 10.7. The first-order valence-electron chi connectivity index (χ1n) is 5.78. The molecular formula is C13H20N2O2. The van der Waals surface area contributed by atoms with E-state index in [9.17, 15) is 4.79 Å². The Hall–Kier alpha value is -1.55. The number of ether oxygens (including phenoxy) is 1. The Morgan fingerprint density at radius 2 is 2.18 bits per heavy atom. The van der Waals surface area contributed by atoms with Crippen LogP contribution in [0.2, 0.25) is 0 Å². The summed E-state index contributed by atoms with van der Waals surface area (Å²) in [5, 5.41) is 5.66. The van der Waals surface area contributed by atoms with E-state index >= 15 is 0 Å². The van der Waals surface area contributed by atoms with E-state index in [0.717, 1.165) is 17.7 Å². The molecule has 0 saturated heterocycles. The second-order valence-corrected chi connectivity index (χ2v) is 3.81. The van der Waals surface area contributed by atoms with Crippen LogP contribution in [0.15, 0.2) is 18.2 Å². The Balaban J connectivity index is 2.70. The predicted molar refractivity (Wildman–Crippen MR) is 68.1 cm³/mol. The molecule has 0 atom stereocenters. The molecule has 0 unspecified atom stereocenters. The van der Waals surface area contributed by atoms with Crippen molar-refractivity contribution < 1.29 is 9.53 Å². The molecule has 1 rings (SSSR count). The molecule has 2 N–H and O–H groups in total. The van der Waals surface area contributed by atoms with E-state index in [1.165, 1.54) is 5.56 Å². The number of methoxy groups -OCH3 is 1. The first kappa shape index (κ1) is 13.5. The first-order chi connectivity index (χ1) is 8.21. The van der Waals surface area contributed by atoms with Crippen LogP contribution in [0.4, 0.5) is 0 Å². The van der Waals surface area contributed by atoms with Gasteiger partial charge >= 0.3 is 0 Å². The Bertz CT molecular complexity index is 378. The molecule has 0 bridgehead atoms. The minimum atomic E-state index is -0.0172. The summed E-state index contributed by atoms with van der Waals surface area (Å²) in [6, 6.07) is 6.05. The summed E-state index contributed by atoms with van der Waals surface area (Å²) < 4.78 is 5.27. The van der Waals surface area contributed by atoms with Crippen LogP contribution in [0.25, 0.3) is 0 Å². The van der Waals surface area contributed by atoms with Gasteiger partial charge in [-0.3, -0.25) is 4.79 Å². The Kier molecular flexibility index (Phi) is 5.49. The summed E-state index contributed by atoms with van der Waals surface area (Å²) >= 11 is 0. The fraction of sp³-hybridized carbons (Fsp3) is 0.462. The predicted octanol–water partition coefficient (Wildman–Crippen LogP) is 1.09. The summed E-state index contributed by atoms with van der Waals surface area (Å²) in [5.41, 5.74) is 2.25. The van der Waals surface area contributed by atoms with Crippen LogP contribution in [0.5, 0.6) is 5.75 Å². The SMILES string of the molecule is CCc1ccc(OC)c(CNC(=O)CNC)c1. The average molecular weight is 236 g/mol. The normalized spacial score (nSPS) is 10.1. The third-order valence-electron chi connectivity index (χ3n) is 2.57. The van der Waals surface area contributed by atoms with Crippen LogP contribution >= 0.6 is 0 Å². The zero-order chi connectivity index (χ0) is 12.7. The molecule has 0 fully saturated rings. The third kappa shape index (κ3) is 4.07. The number of carbonyl (C=O) groups is 1. The molecule has 0 aliphatic rings. The molecule has 0 aromatic heterocycles. The number of likely N-dealkylation sites (N-methyl/N-ethyl adjacent to an activating group) is 1. The van der Waals surface area contributed by atoms with Crippen molar-refractivity contribution >= 4 is 5.91 Å². The Morgan fingerprint density at radius 1 is 1.41 bits per heavy atom. The number of aryl methyl sites for hydroxylation is 1. The van der Waals surface area contributed by atoms with Crippen LogP contribution in [0.3, 0.4) is 0 Å². The van der Waals surface area contributed by atoms with Crippen molar-refractivity contribution in [2.24, 2.45) is 0 Å². The molecular weight excluding hydrogens is 216 g/mol. The van der Waals surface area contributed by atoms with Gasteiger partial charge in [-0.25, -0.2) is 0 Å². The molecule has 1 aromatic carbocycles. The fourth-order valence-corrected chi connectivity index (χ4v) is 1.61. The molecule has 1 amide bonds. The van der Waals surface area contributed by atoms with Gasteiger partial charge in [0.15, 0.2) is 0 Å². The summed E-state index contributed by atoms with van der Waals surface area (Å²) in [6.45, 7) is 2.93. The summed E-state index contributed by atoms with van der Waals surface area (Å²) in [7, 11) is 3.39. The van der Waals surface area contributed by atoms with E-state index in [1.807, 2.05) is 12.1 Å². The lowest BCUT2D eigenvalue weighted by molar-refractivity contribution is -0.120. The molecule has 0 spiro atoms. The van der Waals surface area contributed by atoms with E-state index in [0.29, 0.717) is 13.1 Å². The molecule has 17 heavy (non-hydrogen) atoms. The van der Waals surface area contributed by atoms with Gasteiger partial charge in [-0.2, -0.15) is 0 Å². The number of rotatable bonds is 6. The summed E-state index contributed by atoms with van der Waals surface area (Å²) in [6.07, 6.45) is 0.974. The largest absolute Gasteiger partial charge is 0.496 e. The molecule has 1 aromatic rings. The molecule has 0 saturated carbocycles. The monoisotopic (exact) mass is 236 g/mol. The number of hydrogen-bond acceptors (Lipinski definition) is 3. The second kappa shape index (κ2) is 6.91. The third-order valence-corrected chi connectivity index (χ3v) is 2.57. The van der Waals surface area contributed by atoms with Crippen molar-refractivity contribution in [1.82, 2.24) is 10.6 Å². The number of amides is 1. The molecule has 94 valence electrons. The van der Waals surface area contributed by atoms with Crippen molar-refractivity contribution in [1.29, 1.82) is 0 Å². The maximum absolute atomic E-state index is 11.4. The minimum absolute atomic E-state index is 0.0172. The van der Waals surface area contributed by atoms with E-state index < -0.39 is 0 Å². The summed E-state index contributed by atoms with van der Waals surface area (Å²) in [4.78, 5) is 11.4. The van der Waals surface area contributed by atoms with Gasteiger partial charge in [-0.1, -0.05) is 19.1 Å². The van der Waals surface area contributed by atoms with Crippen LogP contribution in [0.1, 0.15) is 18.1 Å². The molecule has 0 aliphatic carbocycles. The second-order valence-electron chi connectivity index (χ2n) is 3.81. The van der Waals surface area contributed by atoms with Crippen LogP contribution in [-0.4, -0.2) is 26.6 Å². The van der Waals surface area contributed by atoms with Gasteiger partial charge in [0.1, 0.15) is 5.75 Å². The van der Waals surface area contributed by atoms with Gasteiger partial charge in [0.05, 0.1) is 13.7 Å². The minimum Gasteiger partial charge on any atom is -0.496 e. The number of benzene rings is 1. The number of carbonyl (C=O) groups excluding carboxylic acids is 1. The highest BCUT2D eigenvalue weighted by atomic mass is 16.5. The topological polar surface area (TPSA) is 50.4 Å². The highest BCUT2D eigenvalue weighted by Crippen LogP contribution is 2.19. The quantitative estimate of drug-likeness (QED) is 0.777. The Morgan fingerprint density at radius 3 is 2.76 bits per heavy atom. The maximum Gasteiger partial charge on any atom is 0.234 e. The maximum atomic E-state index is 11.4. The zero-order valence-electron chi connectivity index (χ0n) is 10.7. The number of nitrogens with one attached hydrogen (secondary N) is 2.